The molecule has 0 radical (unpaired) electrons. The molecule has 34 heavy (non-hydrogen) atoms. The van der Waals surface area contributed by atoms with Gasteiger partial charge in [0.15, 0.2) is 0 Å². The van der Waals surface area contributed by atoms with Gasteiger partial charge in [-0.3, -0.25) is 0 Å². The molecule has 1 fully saturated rings. The molecule has 3 unspecified atom stereocenters. The zero-order valence-corrected chi connectivity index (χ0v) is 21.8. The molecule has 1 aliphatic rings. The average molecular weight is 463 g/mol. The molecular weight excluding hydrogens is 416 g/mol. The summed E-state index contributed by atoms with van der Waals surface area (Å²) >= 11 is 0. The van der Waals surface area contributed by atoms with Crippen LogP contribution < -0.4 is 4.74 Å². The SMILES string of the molecule is C=CCC1CCCC(O)CC1c1ccc(C(C)(C)CCCCCC)cc1OCc1ccccc1. The van der Waals surface area contributed by atoms with E-state index >= 15 is 0 Å². The lowest BCUT2D eigenvalue weighted by Crippen LogP contribution is -2.20. The first-order valence-electron chi connectivity index (χ1n) is 13.5. The van der Waals surface area contributed by atoms with Crippen LogP contribution in [0.4, 0.5) is 0 Å². The van der Waals surface area contributed by atoms with Crippen molar-refractivity contribution in [2.75, 3.05) is 0 Å². The molecule has 1 N–H and O–H groups in total. The van der Waals surface area contributed by atoms with E-state index in [1.807, 2.05) is 12.1 Å². The first-order chi connectivity index (χ1) is 16.4. The summed E-state index contributed by atoms with van der Waals surface area (Å²) in [5.74, 6) is 1.79. The van der Waals surface area contributed by atoms with Crippen LogP contribution in [0.2, 0.25) is 0 Å². The quantitative estimate of drug-likeness (QED) is 0.194. The number of hydrogen-bond acceptors (Lipinski definition) is 2. The molecule has 2 nitrogen and oxygen atoms in total. The highest BCUT2D eigenvalue weighted by Crippen LogP contribution is 2.44. The van der Waals surface area contributed by atoms with E-state index in [9.17, 15) is 5.11 Å². The summed E-state index contributed by atoms with van der Waals surface area (Å²) in [5, 5.41) is 10.7. The van der Waals surface area contributed by atoms with Gasteiger partial charge in [0, 0.05) is 0 Å². The van der Waals surface area contributed by atoms with Crippen molar-refractivity contribution >= 4 is 0 Å². The van der Waals surface area contributed by atoms with Crippen LogP contribution in [0.15, 0.2) is 61.2 Å². The number of ether oxygens (including phenoxy) is 1. The molecule has 0 amide bonds. The first-order valence-corrected chi connectivity index (χ1v) is 13.5. The Kier molecular flexibility index (Phi) is 10.3. The van der Waals surface area contributed by atoms with E-state index in [1.54, 1.807) is 0 Å². The molecule has 3 atom stereocenters. The van der Waals surface area contributed by atoms with Crippen LogP contribution in [-0.2, 0) is 12.0 Å². The fourth-order valence-electron chi connectivity index (χ4n) is 5.56. The van der Waals surface area contributed by atoms with Crippen molar-refractivity contribution < 1.29 is 9.84 Å². The highest BCUT2D eigenvalue weighted by molar-refractivity contribution is 5.43. The lowest BCUT2D eigenvalue weighted by molar-refractivity contribution is 0.148. The molecule has 0 saturated heterocycles. The predicted molar refractivity (Wildman–Crippen MR) is 145 cm³/mol. The molecule has 1 saturated carbocycles. The molecule has 1 aliphatic carbocycles. The normalized spacial score (nSPS) is 21.1. The highest BCUT2D eigenvalue weighted by Gasteiger charge is 2.31. The minimum Gasteiger partial charge on any atom is -0.489 e. The van der Waals surface area contributed by atoms with Gasteiger partial charge in [0.1, 0.15) is 12.4 Å². The van der Waals surface area contributed by atoms with Crippen molar-refractivity contribution in [3.05, 3.63) is 77.9 Å². The summed E-state index contributed by atoms with van der Waals surface area (Å²) in [6.07, 6.45) is 13.1. The van der Waals surface area contributed by atoms with Gasteiger partial charge in [-0.25, -0.2) is 0 Å². The second-order valence-electron chi connectivity index (χ2n) is 10.9. The number of hydrogen-bond donors (Lipinski definition) is 1. The van der Waals surface area contributed by atoms with Crippen molar-refractivity contribution in [2.24, 2.45) is 5.92 Å². The molecule has 2 aromatic rings. The molecule has 3 rings (SSSR count). The maximum atomic E-state index is 10.7. The Morgan fingerprint density at radius 2 is 1.85 bits per heavy atom. The summed E-state index contributed by atoms with van der Waals surface area (Å²) in [6.45, 7) is 11.6. The van der Waals surface area contributed by atoms with Gasteiger partial charge in [-0.1, -0.05) is 101 Å². The van der Waals surface area contributed by atoms with Crippen LogP contribution in [0.25, 0.3) is 0 Å². The Balaban J connectivity index is 1.92. The smallest absolute Gasteiger partial charge is 0.123 e. The summed E-state index contributed by atoms with van der Waals surface area (Å²) in [4.78, 5) is 0. The van der Waals surface area contributed by atoms with Gasteiger partial charge in [-0.15, -0.1) is 6.58 Å². The van der Waals surface area contributed by atoms with Gasteiger partial charge in [-0.05, 0) is 72.1 Å². The minimum atomic E-state index is -0.239. The largest absolute Gasteiger partial charge is 0.489 e. The monoisotopic (exact) mass is 462 g/mol. The standard InChI is InChI=1S/C32H46O2/c1-5-7-8-12-21-32(3,4)27-19-20-29(30-23-28(33)18-13-17-26(30)14-6-2)31(22-27)34-24-25-15-10-9-11-16-25/h6,9-11,15-16,19-20,22,26,28,30,33H,2,5,7-8,12-14,17-18,21,23-24H2,1,3-4H3. The van der Waals surface area contributed by atoms with Crippen LogP contribution in [0, 0.1) is 5.92 Å². The molecule has 2 heteroatoms. The summed E-state index contributed by atoms with van der Waals surface area (Å²) in [5.41, 5.74) is 3.90. The second kappa shape index (κ2) is 13.1. The zero-order valence-electron chi connectivity index (χ0n) is 21.8. The fraction of sp³-hybridized carbons (Fsp3) is 0.562. The topological polar surface area (TPSA) is 29.5 Å². The third-order valence-electron chi connectivity index (χ3n) is 7.76. The van der Waals surface area contributed by atoms with Crippen LogP contribution >= 0.6 is 0 Å². The highest BCUT2D eigenvalue weighted by atomic mass is 16.5. The molecule has 0 spiro atoms. The number of rotatable bonds is 12. The predicted octanol–water partition coefficient (Wildman–Crippen LogP) is 8.72. The third kappa shape index (κ3) is 7.47. The van der Waals surface area contributed by atoms with Gasteiger partial charge in [0.2, 0.25) is 0 Å². The Morgan fingerprint density at radius 1 is 1.06 bits per heavy atom. The summed E-state index contributed by atoms with van der Waals surface area (Å²) < 4.78 is 6.55. The van der Waals surface area contributed by atoms with E-state index in [4.69, 9.17) is 4.74 Å². The molecule has 2 aromatic carbocycles. The van der Waals surface area contributed by atoms with Gasteiger partial charge < -0.3 is 9.84 Å². The minimum absolute atomic E-state index is 0.112. The van der Waals surface area contributed by atoms with Crippen molar-refractivity contribution in [2.45, 2.75) is 109 Å². The van der Waals surface area contributed by atoms with Crippen LogP contribution in [-0.4, -0.2) is 11.2 Å². The molecule has 0 aromatic heterocycles. The van der Waals surface area contributed by atoms with Crippen LogP contribution in [0.5, 0.6) is 5.75 Å². The van der Waals surface area contributed by atoms with E-state index in [0.717, 1.165) is 37.9 Å². The summed E-state index contributed by atoms with van der Waals surface area (Å²) in [7, 11) is 0. The van der Waals surface area contributed by atoms with Crippen molar-refractivity contribution in [3.63, 3.8) is 0 Å². The van der Waals surface area contributed by atoms with E-state index in [0.29, 0.717) is 18.4 Å². The van der Waals surface area contributed by atoms with Gasteiger partial charge >= 0.3 is 0 Å². The molecule has 0 aliphatic heterocycles. The molecule has 0 bridgehead atoms. The van der Waals surface area contributed by atoms with Gasteiger partial charge in [0.25, 0.3) is 0 Å². The van der Waals surface area contributed by atoms with Crippen LogP contribution in [0.1, 0.15) is 108 Å². The maximum Gasteiger partial charge on any atom is 0.123 e. The zero-order chi connectivity index (χ0) is 24.4. The Morgan fingerprint density at radius 3 is 2.59 bits per heavy atom. The van der Waals surface area contributed by atoms with Gasteiger partial charge in [-0.2, -0.15) is 0 Å². The van der Waals surface area contributed by atoms with E-state index in [2.05, 4.69) is 69.8 Å². The second-order valence-corrected chi connectivity index (χ2v) is 10.9. The summed E-state index contributed by atoms with van der Waals surface area (Å²) in [6, 6.07) is 17.4. The number of allylic oxidation sites excluding steroid dienone is 1. The number of unbranched alkanes of at least 4 members (excludes halogenated alkanes) is 3. The molecule has 0 heterocycles. The third-order valence-corrected chi connectivity index (χ3v) is 7.76. The van der Waals surface area contributed by atoms with Gasteiger partial charge in [0.05, 0.1) is 6.10 Å². The number of aliphatic hydroxyl groups excluding tert-OH is 1. The van der Waals surface area contributed by atoms with Crippen molar-refractivity contribution in [1.29, 1.82) is 0 Å². The van der Waals surface area contributed by atoms with Crippen molar-refractivity contribution in [1.82, 2.24) is 0 Å². The Hall–Kier alpha value is -2.06. The lowest BCUT2D eigenvalue weighted by atomic mass is 9.76. The lowest BCUT2D eigenvalue weighted by Gasteiger charge is -2.30. The average Bonchev–Trinajstić information content (AvgIpc) is 3.02. The Bertz CT molecular complexity index is 870. The maximum absolute atomic E-state index is 10.7. The van der Waals surface area contributed by atoms with Crippen LogP contribution in [0.3, 0.4) is 0 Å². The van der Waals surface area contributed by atoms with E-state index in [1.165, 1.54) is 48.8 Å². The molecule has 186 valence electrons. The first kappa shape index (κ1) is 26.5. The van der Waals surface area contributed by atoms with Crippen molar-refractivity contribution in [3.8, 4) is 5.75 Å². The molecular formula is C32H46O2. The number of benzene rings is 2. The number of aliphatic hydroxyl groups is 1. The van der Waals surface area contributed by atoms with E-state index < -0.39 is 0 Å². The van der Waals surface area contributed by atoms with E-state index in [-0.39, 0.29) is 11.5 Å². The Labute approximate surface area is 208 Å². The fourth-order valence-corrected chi connectivity index (χ4v) is 5.56.